The zero-order valence-corrected chi connectivity index (χ0v) is 12.5. The quantitative estimate of drug-likeness (QED) is 0.857. The number of nitrogens with two attached hydrogens (primary N) is 1. The van der Waals surface area contributed by atoms with Gasteiger partial charge in [0.1, 0.15) is 0 Å². The van der Waals surface area contributed by atoms with Crippen LogP contribution in [0.3, 0.4) is 0 Å². The summed E-state index contributed by atoms with van der Waals surface area (Å²) < 4.78 is 0. The van der Waals surface area contributed by atoms with Crippen molar-refractivity contribution in [2.45, 2.75) is 19.5 Å². The number of nitrogens with zero attached hydrogens (tertiary/aromatic N) is 2. The predicted molar refractivity (Wildman–Crippen MR) is 80.9 cm³/mol. The van der Waals surface area contributed by atoms with Crippen molar-refractivity contribution in [2.24, 2.45) is 5.73 Å². The zero-order chi connectivity index (χ0) is 15.4. The second-order valence-corrected chi connectivity index (χ2v) is 5.52. The molecule has 0 unspecified atom stereocenters. The smallest absolute Gasteiger partial charge is 0.312 e. The number of rotatable bonds is 3. The third-order valence-electron chi connectivity index (χ3n) is 3.76. The zero-order valence-electron chi connectivity index (χ0n) is 12.5. The van der Waals surface area contributed by atoms with Crippen LogP contribution in [0.2, 0.25) is 0 Å². The maximum absolute atomic E-state index is 12.5. The third kappa shape index (κ3) is 3.95. The molecule has 0 radical (unpaired) electrons. The van der Waals surface area contributed by atoms with Crippen molar-refractivity contribution in [3.05, 3.63) is 35.4 Å². The van der Waals surface area contributed by atoms with Crippen LogP contribution >= 0.6 is 0 Å². The van der Waals surface area contributed by atoms with Gasteiger partial charge in [-0.15, -0.1) is 0 Å². The molecule has 1 fully saturated rings. The molecule has 3 N–H and O–H groups in total. The van der Waals surface area contributed by atoms with Gasteiger partial charge in [-0.25, -0.2) is 4.79 Å². The summed E-state index contributed by atoms with van der Waals surface area (Å²) in [6.07, 6.45) is 0. The molecule has 1 aromatic rings. The minimum absolute atomic E-state index is 0.0602. The molecule has 1 aliphatic heterocycles. The first-order valence-corrected chi connectivity index (χ1v) is 7.09. The molecule has 1 heterocycles. The predicted octanol–water partition coefficient (Wildman–Crippen LogP) is 0.631. The summed E-state index contributed by atoms with van der Waals surface area (Å²) in [5.74, 6) is 0.0602. The van der Waals surface area contributed by atoms with E-state index in [1.54, 1.807) is 12.1 Å². The number of piperazine rings is 1. The molecule has 2 rings (SSSR count). The van der Waals surface area contributed by atoms with Crippen LogP contribution in [0.15, 0.2) is 24.3 Å². The number of hydrogen-bond donors (Lipinski definition) is 2. The highest BCUT2D eigenvalue weighted by Gasteiger charge is 2.26. The average Bonchev–Trinajstić information content (AvgIpc) is 2.45. The summed E-state index contributed by atoms with van der Waals surface area (Å²) in [5.41, 5.74) is 6.62. The van der Waals surface area contributed by atoms with Gasteiger partial charge >= 0.3 is 6.03 Å². The van der Waals surface area contributed by atoms with Crippen LogP contribution in [-0.4, -0.2) is 54.5 Å². The first-order valence-electron chi connectivity index (χ1n) is 7.09. The van der Waals surface area contributed by atoms with Gasteiger partial charge in [0.05, 0.1) is 0 Å². The second-order valence-electron chi connectivity index (χ2n) is 5.52. The fourth-order valence-electron chi connectivity index (χ4n) is 2.56. The molecule has 6 heteroatoms. The number of hydrogen-bond acceptors (Lipinski definition) is 3. The van der Waals surface area contributed by atoms with Crippen LogP contribution in [0.1, 0.15) is 22.8 Å². The number of nitrogens with one attached hydrogen (secondary N) is 1. The van der Waals surface area contributed by atoms with Crippen LogP contribution in [-0.2, 0) is 6.54 Å². The maximum Gasteiger partial charge on any atom is 0.312 e. The molecule has 0 saturated carbocycles. The molecule has 1 aromatic carbocycles. The maximum atomic E-state index is 12.5. The van der Waals surface area contributed by atoms with Gasteiger partial charge in [-0.1, -0.05) is 12.1 Å². The van der Waals surface area contributed by atoms with Gasteiger partial charge in [0, 0.05) is 37.8 Å². The molecule has 1 saturated heterocycles. The van der Waals surface area contributed by atoms with Gasteiger partial charge in [0.2, 0.25) is 0 Å². The lowest BCUT2D eigenvalue weighted by atomic mass is 10.1. The molecule has 0 aliphatic carbocycles. The molecule has 114 valence electrons. The van der Waals surface area contributed by atoms with E-state index in [-0.39, 0.29) is 11.9 Å². The van der Waals surface area contributed by atoms with E-state index in [9.17, 15) is 9.59 Å². The van der Waals surface area contributed by atoms with Crippen molar-refractivity contribution in [3.63, 3.8) is 0 Å². The van der Waals surface area contributed by atoms with E-state index < -0.39 is 6.03 Å². The van der Waals surface area contributed by atoms with E-state index >= 15 is 0 Å². The fraction of sp³-hybridized carbons (Fsp3) is 0.467. The molecule has 0 bridgehead atoms. The number of carbonyl (C=O) groups is 2. The van der Waals surface area contributed by atoms with E-state index in [4.69, 9.17) is 5.73 Å². The highest BCUT2D eigenvalue weighted by Crippen LogP contribution is 2.14. The summed E-state index contributed by atoms with van der Waals surface area (Å²) in [4.78, 5) is 27.3. The van der Waals surface area contributed by atoms with Crippen molar-refractivity contribution in [2.75, 3.05) is 26.7 Å². The van der Waals surface area contributed by atoms with Gasteiger partial charge in [-0.2, -0.15) is 0 Å². The molecule has 21 heavy (non-hydrogen) atoms. The Balaban J connectivity index is 2.01. The Morgan fingerprint density at radius 3 is 2.52 bits per heavy atom. The topological polar surface area (TPSA) is 78.7 Å². The molecule has 0 spiro atoms. The summed E-state index contributed by atoms with van der Waals surface area (Å²) >= 11 is 0. The Morgan fingerprint density at radius 1 is 1.29 bits per heavy atom. The number of amides is 3. The van der Waals surface area contributed by atoms with E-state index in [2.05, 4.69) is 24.2 Å². The first kappa shape index (κ1) is 15.3. The van der Waals surface area contributed by atoms with Crippen molar-refractivity contribution < 1.29 is 9.59 Å². The molecule has 3 amide bonds. The van der Waals surface area contributed by atoms with Crippen molar-refractivity contribution in [1.29, 1.82) is 0 Å². The number of carbonyl (C=O) groups excluding carboxylic acids is 2. The van der Waals surface area contributed by atoms with E-state index in [0.29, 0.717) is 12.1 Å². The molecule has 1 aliphatic rings. The minimum Gasteiger partial charge on any atom is -0.352 e. The monoisotopic (exact) mass is 290 g/mol. The number of primary amides is 1. The van der Waals surface area contributed by atoms with Crippen molar-refractivity contribution in [1.82, 2.24) is 15.1 Å². The third-order valence-corrected chi connectivity index (χ3v) is 3.76. The molecular weight excluding hydrogens is 268 g/mol. The normalized spacial score (nSPS) is 19.3. The van der Waals surface area contributed by atoms with Crippen LogP contribution in [0.4, 0.5) is 4.79 Å². The van der Waals surface area contributed by atoms with Gasteiger partial charge in [-0.3, -0.25) is 4.79 Å². The van der Waals surface area contributed by atoms with Crippen LogP contribution in [0.25, 0.3) is 0 Å². The lowest BCUT2D eigenvalue weighted by Crippen LogP contribution is -2.52. The van der Waals surface area contributed by atoms with Gasteiger partial charge < -0.3 is 20.9 Å². The summed E-state index contributed by atoms with van der Waals surface area (Å²) in [5, 5.41) is 2.52. The largest absolute Gasteiger partial charge is 0.352 e. The second kappa shape index (κ2) is 6.58. The van der Waals surface area contributed by atoms with Crippen molar-refractivity contribution >= 4 is 11.9 Å². The minimum atomic E-state index is -0.554. The molecular formula is C15H22N4O2. The Kier molecular flexibility index (Phi) is 4.80. The Morgan fingerprint density at radius 2 is 1.95 bits per heavy atom. The fourth-order valence-corrected chi connectivity index (χ4v) is 2.56. The van der Waals surface area contributed by atoms with E-state index in [0.717, 1.165) is 25.2 Å². The standard InChI is InChI=1S/C15H22N4O2/c1-11-10-18(2)7-8-19(11)14(20)13-5-3-12(4-6-13)9-17-15(16)21/h3-6,11H,7-10H2,1-2H3,(H3,16,17,21)/t11-/m1/s1. The first-order chi connectivity index (χ1) is 9.97. The Hall–Kier alpha value is -2.08. The summed E-state index contributed by atoms with van der Waals surface area (Å²) in [6, 6.07) is 6.93. The summed E-state index contributed by atoms with van der Waals surface area (Å²) in [7, 11) is 2.07. The van der Waals surface area contributed by atoms with Gasteiger partial charge in [0.25, 0.3) is 5.91 Å². The van der Waals surface area contributed by atoms with E-state index in [1.807, 2.05) is 17.0 Å². The molecule has 6 nitrogen and oxygen atoms in total. The van der Waals surface area contributed by atoms with Crippen molar-refractivity contribution in [3.8, 4) is 0 Å². The number of urea groups is 1. The number of likely N-dealkylation sites (N-methyl/N-ethyl adjacent to an activating group) is 1. The number of benzene rings is 1. The highest BCUT2D eigenvalue weighted by molar-refractivity contribution is 5.94. The lowest BCUT2D eigenvalue weighted by molar-refractivity contribution is 0.0533. The average molecular weight is 290 g/mol. The highest BCUT2D eigenvalue weighted by atomic mass is 16.2. The van der Waals surface area contributed by atoms with Gasteiger partial charge in [-0.05, 0) is 31.7 Å². The van der Waals surface area contributed by atoms with Crippen LogP contribution in [0, 0.1) is 0 Å². The summed E-state index contributed by atoms with van der Waals surface area (Å²) in [6.45, 7) is 4.98. The van der Waals surface area contributed by atoms with Crippen LogP contribution < -0.4 is 11.1 Å². The van der Waals surface area contributed by atoms with E-state index in [1.165, 1.54) is 0 Å². The SMILES string of the molecule is C[C@@H]1CN(C)CCN1C(=O)c1ccc(CNC(N)=O)cc1. The molecule has 0 aromatic heterocycles. The lowest BCUT2D eigenvalue weighted by Gasteiger charge is -2.38. The molecule has 1 atom stereocenters. The Bertz CT molecular complexity index is 515. The Labute approximate surface area is 124 Å². The van der Waals surface area contributed by atoms with Gasteiger partial charge in [0.15, 0.2) is 0 Å². The van der Waals surface area contributed by atoms with Crippen LogP contribution in [0.5, 0.6) is 0 Å².